The lowest BCUT2D eigenvalue weighted by molar-refractivity contribution is -0.211. The van der Waals surface area contributed by atoms with Crippen molar-refractivity contribution < 1.29 is 53.9 Å². The lowest BCUT2D eigenvalue weighted by Crippen LogP contribution is -2.65. The van der Waals surface area contributed by atoms with Crippen LogP contribution in [-0.4, -0.2) is 69.1 Å². The Bertz CT molecular complexity index is 657. The fourth-order valence-electron chi connectivity index (χ4n) is 3.77. The van der Waals surface area contributed by atoms with Gasteiger partial charge in [0.1, 0.15) is 5.41 Å². The van der Waals surface area contributed by atoms with Gasteiger partial charge in [0.05, 0.1) is 19.6 Å². The van der Waals surface area contributed by atoms with Crippen molar-refractivity contribution in [2.75, 3.05) is 13.2 Å². The molecule has 0 radical (unpaired) electrons. The van der Waals surface area contributed by atoms with Crippen molar-refractivity contribution >= 4 is 29.8 Å². The van der Waals surface area contributed by atoms with Crippen LogP contribution >= 0.6 is 0 Å². The molecule has 0 saturated carbocycles. The van der Waals surface area contributed by atoms with Crippen LogP contribution in [0.2, 0.25) is 0 Å². The van der Waals surface area contributed by atoms with Crippen molar-refractivity contribution in [1.82, 2.24) is 0 Å². The van der Waals surface area contributed by atoms with Gasteiger partial charge < -0.3 is 29.9 Å². The van der Waals surface area contributed by atoms with E-state index in [0.29, 0.717) is 12.8 Å². The first-order valence-electron chi connectivity index (χ1n) is 10.7. The highest BCUT2D eigenvalue weighted by Gasteiger charge is 2.69. The van der Waals surface area contributed by atoms with Crippen LogP contribution in [-0.2, 0) is 33.4 Å². The third kappa shape index (κ3) is 6.91. The van der Waals surface area contributed by atoms with E-state index in [2.05, 4.69) is 0 Å². The van der Waals surface area contributed by atoms with Crippen molar-refractivity contribution in [1.29, 1.82) is 0 Å². The summed E-state index contributed by atoms with van der Waals surface area (Å²) in [6, 6.07) is 0. The molecule has 0 aliphatic carbocycles. The largest absolute Gasteiger partial charge is 0.481 e. The van der Waals surface area contributed by atoms with E-state index in [1.807, 2.05) is 6.92 Å². The topological polar surface area (TPSA) is 185 Å². The molecule has 0 heterocycles. The van der Waals surface area contributed by atoms with E-state index >= 15 is 0 Å². The molecular formula is C21H34O11. The third-order valence-corrected chi connectivity index (χ3v) is 5.34. The predicted molar refractivity (Wildman–Crippen MR) is 110 cm³/mol. The molecule has 0 spiro atoms. The van der Waals surface area contributed by atoms with Crippen molar-refractivity contribution in [3.05, 3.63) is 0 Å². The second-order valence-electron chi connectivity index (χ2n) is 7.47. The van der Waals surface area contributed by atoms with E-state index in [9.17, 15) is 44.4 Å². The van der Waals surface area contributed by atoms with E-state index in [1.165, 1.54) is 13.8 Å². The summed E-state index contributed by atoms with van der Waals surface area (Å²) < 4.78 is 9.62. The van der Waals surface area contributed by atoms with Crippen LogP contribution in [0.3, 0.4) is 0 Å². The van der Waals surface area contributed by atoms with Gasteiger partial charge >= 0.3 is 29.8 Å². The van der Waals surface area contributed by atoms with Crippen LogP contribution in [0.4, 0.5) is 0 Å². The van der Waals surface area contributed by atoms with Gasteiger partial charge in [0, 0.05) is 0 Å². The molecule has 0 aromatic heterocycles. The van der Waals surface area contributed by atoms with Crippen molar-refractivity contribution in [3.8, 4) is 0 Å². The zero-order valence-corrected chi connectivity index (χ0v) is 18.8. The highest BCUT2D eigenvalue weighted by atomic mass is 16.6. The van der Waals surface area contributed by atoms with E-state index in [4.69, 9.17) is 9.47 Å². The Kier molecular flexibility index (Phi) is 12.5. The fraction of sp³-hybridized carbons (Fsp3) is 0.762. The average Bonchev–Trinajstić information content (AvgIpc) is 2.68. The summed E-state index contributed by atoms with van der Waals surface area (Å²) in [7, 11) is 0. The highest BCUT2D eigenvalue weighted by molar-refractivity contribution is 6.04. The van der Waals surface area contributed by atoms with Gasteiger partial charge in [0.15, 0.2) is 11.5 Å². The van der Waals surface area contributed by atoms with E-state index in [-0.39, 0.29) is 19.6 Å². The number of hydrogen-bond donors (Lipinski definition) is 4. The molecule has 0 aliphatic rings. The van der Waals surface area contributed by atoms with Crippen LogP contribution in [0.5, 0.6) is 0 Å². The van der Waals surface area contributed by atoms with Crippen molar-refractivity contribution in [3.63, 3.8) is 0 Å². The molecule has 0 rings (SSSR count). The Balaban J connectivity index is 6.70. The molecule has 0 bridgehead atoms. The molecule has 2 atom stereocenters. The minimum absolute atomic E-state index is 0.0144. The number of ether oxygens (including phenoxy) is 2. The Morgan fingerprint density at radius 2 is 1.22 bits per heavy atom. The van der Waals surface area contributed by atoms with Gasteiger partial charge in [-0.2, -0.15) is 0 Å². The first-order chi connectivity index (χ1) is 15.0. The van der Waals surface area contributed by atoms with Crippen molar-refractivity contribution in [2.45, 2.75) is 77.7 Å². The van der Waals surface area contributed by atoms with Crippen LogP contribution in [0, 0.1) is 11.3 Å². The first kappa shape index (κ1) is 29.3. The highest BCUT2D eigenvalue weighted by Crippen LogP contribution is 2.47. The summed E-state index contributed by atoms with van der Waals surface area (Å²) >= 11 is 0. The van der Waals surface area contributed by atoms with Crippen LogP contribution in [0.1, 0.15) is 72.1 Å². The number of esters is 2. The zero-order valence-electron chi connectivity index (χ0n) is 18.8. The molecule has 0 aromatic carbocycles. The number of rotatable bonds is 17. The van der Waals surface area contributed by atoms with E-state index in [1.54, 1.807) is 0 Å². The Labute approximate surface area is 186 Å². The second-order valence-corrected chi connectivity index (χ2v) is 7.47. The molecular weight excluding hydrogens is 428 g/mol. The standard InChI is InChI=1S/C21H34O11/c1-4-7-8-9-10-11-12-20(18(26)27,21(30,19(28)29)13-14(22)23)15(16(24)31-5-2)17(25)32-6-3/h15,30H,4-13H2,1-3H3,(H,22,23)(H,26,27)(H,28,29). The Hall–Kier alpha value is -2.69. The van der Waals surface area contributed by atoms with Gasteiger partial charge in [-0.1, -0.05) is 45.4 Å². The Morgan fingerprint density at radius 1 is 0.750 bits per heavy atom. The molecule has 11 nitrogen and oxygen atoms in total. The first-order valence-corrected chi connectivity index (χ1v) is 10.7. The van der Waals surface area contributed by atoms with Gasteiger partial charge in [0.2, 0.25) is 0 Å². The molecule has 184 valence electrons. The normalized spacial score (nSPS) is 14.8. The van der Waals surface area contributed by atoms with E-state index in [0.717, 1.165) is 19.3 Å². The number of aliphatic hydroxyl groups is 1. The third-order valence-electron chi connectivity index (χ3n) is 5.34. The van der Waals surface area contributed by atoms with Gasteiger partial charge in [-0.05, 0) is 20.3 Å². The maximum atomic E-state index is 12.7. The molecule has 0 aromatic rings. The molecule has 0 fully saturated rings. The van der Waals surface area contributed by atoms with Gasteiger partial charge in [0.25, 0.3) is 0 Å². The number of carboxylic acid groups (broad SMARTS) is 3. The summed E-state index contributed by atoms with van der Waals surface area (Å²) in [6.07, 6.45) is 1.58. The fourth-order valence-corrected chi connectivity index (χ4v) is 3.77. The van der Waals surface area contributed by atoms with Crippen molar-refractivity contribution in [2.24, 2.45) is 11.3 Å². The monoisotopic (exact) mass is 462 g/mol. The summed E-state index contributed by atoms with van der Waals surface area (Å²) in [5.41, 5.74) is -6.54. The van der Waals surface area contributed by atoms with Crippen LogP contribution < -0.4 is 0 Å². The predicted octanol–water partition coefficient (Wildman–Crippen LogP) is 1.84. The summed E-state index contributed by atoms with van der Waals surface area (Å²) in [5, 5.41) is 40.1. The van der Waals surface area contributed by atoms with Gasteiger partial charge in [-0.25, -0.2) is 4.79 Å². The van der Waals surface area contributed by atoms with E-state index < -0.39 is 59.6 Å². The van der Waals surface area contributed by atoms with Gasteiger partial charge in [-0.15, -0.1) is 0 Å². The lowest BCUT2D eigenvalue weighted by Gasteiger charge is -2.43. The Morgan fingerprint density at radius 3 is 1.59 bits per heavy atom. The number of carbonyl (C=O) groups is 5. The summed E-state index contributed by atoms with van der Waals surface area (Å²) in [6.45, 7) is 4.23. The van der Waals surface area contributed by atoms with Crippen LogP contribution in [0.25, 0.3) is 0 Å². The average molecular weight is 462 g/mol. The number of hydrogen-bond acceptors (Lipinski definition) is 8. The maximum Gasteiger partial charge on any atom is 0.337 e. The zero-order chi connectivity index (χ0) is 24.9. The summed E-state index contributed by atoms with van der Waals surface area (Å²) in [4.78, 5) is 61.4. The smallest absolute Gasteiger partial charge is 0.337 e. The van der Waals surface area contributed by atoms with Crippen LogP contribution in [0.15, 0.2) is 0 Å². The minimum atomic E-state index is -3.50. The van der Waals surface area contributed by atoms with Gasteiger partial charge in [-0.3, -0.25) is 19.2 Å². The summed E-state index contributed by atoms with van der Waals surface area (Å²) in [5.74, 6) is -11.2. The lowest BCUT2D eigenvalue weighted by atomic mass is 9.59. The number of carbonyl (C=O) groups excluding carboxylic acids is 2. The number of unbranched alkanes of at least 4 members (excludes halogenated alkanes) is 5. The molecule has 0 amide bonds. The maximum absolute atomic E-state index is 12.7. The SMILES string of the molecule is CCCCCCCCC(C(=O)O)(C(C(=O)OCC)C(=O)OCC)C(O)(CC(=O)O)C(=O)O. The number of carboxylic acids is 3. The minimum Gasteiger partial charge on any atom is -0.481 e. The molecule has 0 aliphatic heterocycles. The molecule has 4 N–H and O–H groups in total. The second kappa shape index (κ2) is 13.7. The number of aliphatic carboxylic acids is 3. The molecule has 11 heteroatoms. The quantitative estimate of drug-likeness (QED) is 0.140. The molecule has 0 saturated heterocycles. The molecule has 32 heavy (non-hydrogen) atoms. The molecule has 2 unspecified atom stereocenters.